The van der Waals surface area contributed by atoms with E-state index < -0.39 is 24.1 Å². The molecule has 0 spiro atoms. The van der Waals surface area contributed by atoms with Crippen LogP contribution in [0.25, 0.3) is 0 Å². The highest BCUT2D eigenvalue weighted by molar-refractivity contribution is 8.11. The molecule has 0 aromatic heterocycles. The highest BCUT2D eigenvalue weighted by Crippen LogP contribution is 2.44. The average molecular weight is 282 g/mol. The zero-order valence-electron chi connectivity index (χ0n) is 9.11. The van der Waals surface area contributed by atoms with Crippen LogP contribution in [0.5, 0.6) is 0 Å². The van der Waals surface area contributed by atoms with Gasteiger partial charge in [-0.25, -0.2) is 0 Å². The summed E-state index contributed by atoms with van der Waals surface area (Å²) in [5.41, 5.74) is 0. The van der Waals surface area contributed by atoms with Gasteiger partial charge in [-0.1, -0.05) is 11.8 Å². The summed E-state index contributed by atoms with van der Waals surface area (Å²) >= 11 is 4.88. The Morgan fingerprint density at radius 3 is 2.35 bits per heavy atom. The smallest absolute Gasteiger partial charge is 0.306 e. The molecule has 0 aliphatic carbocycles. The SMILES string of the molecule is O=CCCP(O)(=S)CC(CCC(=O)O)C(=O)O. The van der Waals surface area contributed by atoms with Gasteiger partial charge >= 0.3 is 11.9 Å². The van der Waals surface area contributed by atoms with Crippen molar-refractivity contribution in [2.75, 3.05) is 12.3 Å². The molecule has 98 valence electrons. The van der Waals surface area contributed by atoms with E-state index in [9.17, 15) is 19.3 Å². The summed E-state index contributed by atoms with van der Waals surface area (Å²) in [6, 6.07) is 0. The van der Waals surface area contributed by atoms with Crippen LogP contribution in [0.1, 0.15) is 19.3 Å². The largest absolute Gasteiger partial charge is 0.481 e. The summed E-state index contributed by atoms with van der Waals surface area (Å²) in [5, 5.41) is 17.3. The lowest BCUT2D eigenvalue weighted by Gasteiger charge is -2.18. The van der Waals surface area contributed by atoms with Crippen molar-refractivity contribution in [3.05, 3.63) is 0 Å². The average Bonchev–Trinajstić information content (AvgIpc) is 2.20. The Balaban J connectivity index is 4.42. The van der Waals surface area contributed by atoms with Crippen molar-refractivity contribution >= 4 is 36.3 Å². The quantitative estimate of drug-likeness (QED) is 0.417. The number of aldehydes is 1. The first kappa shape index (κ1) is 16.2. The van der Waals surface area contributed by atoms with Gasteiger partial charge in [0.2, 0.25) is 0 Å². The van der Waals surface area contributed by atoms with E-state index in [-0.39, 0.29) is 31.6 Å². The highest BCUT2D eigenvalue weighted by atomic mass is 32.4. The third kappa shape index (κ3) is 8.01. The van der Waals surface area contributed by atoms with E-state index in [2.05, 4.69) is 0 Å². The number of aliphatic carboxylic acids is 2. The van der Waals surface area contributed by atoms with E-state index in [0.717, 1.165) is 0 Å². The molecule has 8 heteroatoms. The van der Waals surface area contributed by atoms with Crippen LogP contribution < -0.4 is 0 Å². The number of carbonyl (C=O) groups excluding carboxylic acids is 1. The lowest BCUT2D eigenvalue weighted by atomic mass is 10.1. The highest BCUT2D eigenvalue weighted by Gasteiger charge is 2.25. The Bertz CT molecular complexity index is 342. The number of carboxylic acid groups (broad SMARTS) is 2. The zero-order chi connectivity index (χ0) is 13.5. The predicted molar refractivity (Wildman–Crippen MR) is 64.9 cm³/mol. The van der Waals surface area contributed by atoms with Crippen LogP contribution in [0.3, 0.4) is 0 Å². The molecule has 6 nitrogen and oxygen atoms in total. The Labute approximate surface area is 104 Å². The van der Waals surface area contributed by atoms with Crippen LogP contribution in [-0.2, 0) is 26.2 Å². The zero-order valence-corrected chi connectivity index (χ0v) is 10.8. The van der Waals surface area contributed by atoms with Crippen molar-refractivity contribution < 1.29 is 29.5 Å². The molecule has 0 aromatic rings. The molecule has 0 rings (SSSR count). The topological polar surface area (TPSA) is 112 Å². The summed E-state index contributed by atoms with van der Waals surface area (Å²) in [6.45, 7) is 0. The summed E-state index contributed by atoms with van der Waals surface area (Å²) in [6.07, 6.45) is -2.51. The van der Waals surface area contributed by atoms with Gasteiger partial charge in [-0.2, -0.15) is 0 Å². The molecule has 0 bridgehead atoms. The number of rotatable bonds is 9. The first-order valence-corrected chi connectivity index (χ1v) is 8.10. The van der Waals surface area contributed by atoms with Gasteiger partial charge in [-0.05, 0) is 6.42 Å². The third-order valence-corrected chi connectivity index (χ3v) is 5.12. The summed E-state index contributed by atoms with van der Waals surface area (Å²) in [4.78, 5) is 41.1. The lowest BCUT2D eigenvalue weighted by Crippen LogP contribution is -2.20. The van der Waals surface area contributed by atoms with Crippen LogP contribution in [0.2, 0.25) is 0 Å². The monoisotopic (exact) mass is 282 g/mol. The lowest BCUT2D eigenvalue weighted by molar-refractivity contribution is -0.142. The van der Waals surface area contributed by atoms with E-state index in [4.69, 9.17) is 22.0 Å². The van der Waals surface area contributed by atoms with Gasteiger partial charge in [0.15, 0.2) is 0 Å². The molecular formula is C9H15O6PS. The summed E-state index contributed by atoms with van der Waals surface area (Å²) in [5.74, 6) is -3.22. The molecule has 0 aliphatic rings. The number of hydrogen-bond acceptors (Lipinski definition) is 4. The molecule has 0 aliphatic heterocycles. The van der Waals surface area contributed by atoms with Crippen LogP contribution in [0.4, 0.5) is 0 Å². The minimum Gasteiger partial charge on any atom is -0.481 e. The molecule has 0 fully saturated rings. The van der Waals surface area contributed by atoms with Gasteiger partial charge in [0.1, 0.15) is 6.29 Å². The summed E-state index contributed by atoms with van der Waals surface area (Å²) in [7, 11) is 0. The molecule has 2 atom stereocenters. The first-order valence-electron chi connectivity index (χ1n) is 4.97. The van der Waals surface area contributed by atoms with Gasteiger partial charge in [0.25, 0.3) is 0 Å². The van der Waals surface area contributed by atoms with E-state index in [0.29, 0.717) is 6.29 Å². The number of carboxylic acids is 2. The van der Waals surface area contributed by atoms with Crippen molar-refractivity contribution in [3.63, 3.8) is 0 Å². The fourth-order valence-corrected chi connectivity index (χ4v) is 3.86. The normalized spacial score (nSPS) is 15.8. The minimum absolute atomic E-state index is 0.0648. The van der Waals surface area contributed by atoms with E-state index >= 15 is 0 Å². The number of hydrogen-bond donors (Lipinski definition) is 3. The van der Waals surface area contributed by atoms with E-state index in [1.165, 1.54) is 0 Å². The van der Waals surface area contributed by atoms with Crippen LogP contribution in [0, 0.1) is 5.92 Å². The van der Waals surface area contributed by atoms with Crippen molar-refractivity contribution in [2.45, 2.75) is 19.3 Å². The Morgan fingerprint density at radius 2 is 1.94 bits per heavy atom. The Hall–Kier alpha value is -0.780. The molecule has 0 saturated heterocycles. The molecule has 0 aromatic carbocycles. The maximum atomic E-state index is 10.9. The molecule has 0 amide bonds. The number of carbonyl (C=O) groups is 3. The standard InChI is InChI=1S/C9H15O6PS/c10-4-1-5-16(15,17)6-7(9(13)14)2-3-8(11)12/h4,7H,1-3,5-6H2,(H,11,12)(H,13,14)(H,15,17). The Morgan fingerprint density at radius 1 is 1.35 bits per heavy atom. The third-order valence-electron chi connectivity index (χ3n) is 2.16. The van der Waals surface area contributed by atoms with Gasteiger partial charge in [-0.3, -0.25) is 9.59 Å². The molecule has 0 heterocycles. The molecule has 3 N–H and O–H groups in total. The van der Waals surface area contributed by atoms with Crippen molar-refractivity contribution in [3.8, 4) is 0 Å². The van der Waals surface area contributed by atoms with Crippen LogP contribution in [-0.4, -0.2) is 45.7 Å². The second-order valence-electron chi connectivity index (χ2n) is 3.68. The summed E-state index contributed by atoms with van der Waals surface area (Å²) < 4.78 is 0. The fraction of sp³-hybridized carbons (Fsp3) is 0.667. The maximum Gasteiger partial charge on any atom is 0.306 e. The van der Waals surface area contributed by atoms with Gasteiger partial charge in [0, 0.05) is 25.2 Å². The van der Waals surface area contributed by atoms with Crippen LogP contribution in [0.15, 0.2) is 0 Å². The second kappa shape index (κ2) is 7.53. The van der Waals surface area contributed by atoms with Gasteiger partial charge < -0.3 is 19.9 Å². The minimum atomic E-state index is -2.85. The molecule has 2 unspecified atom stereocenters. The first-order chi connectivity index (χ1) is 7.78. The maximum absolute atomic E-state index is 10.9. The predicted octanol–water partition coefficient (Wildman–Crippen LogP) is 0.528. The Kier molecular flexibility index (Phi) is 7.18. The fourth-order valence-electron chi connectivity index (χ4n) is 1.28. The van der Waals surface area contributed by atoms with Crippen molar-refractivity contribution in [1.82, 2.24) is 0 Å². The van der Waals surface area contributed by atoms with E-state index in [1.54, 1.807) is 0 Å². The van der Waals surface area contributed by atoms with Crippen molar-refractivity contribution in [1.29, 1.82) is 0 Å². The van der Waals surface area contributed by atoms with E-state index in [1.807, 2.05) is 0 Å². The van der Waals surface area contributed by atoms with Crippen LogP contribution >= 0.6 is 6.26 Å². The molecule has 17 heavy (non-hydrogen) atoms. The second-order valence-corrected chi connectivity index (χ2v) is 8.22. The van der Waals surface area contributed by atoms with Gasteiger partial charge in [0.05, 0.1) is 12.2 Å². The molecule has 0 saturated carbocycles. The van der Waals surface area contributed by atoms with Gasteiger partial charge in [-0.15, -0.1) is 0 Å². The molecule has 0 radical (unpaired) electrons. The molecular weight excluding hydrogens is 267 g/mol. The van der Waals surface area contributed by atoms with Crippen molar-refractivity contribution in [2.24, 2.45) is 5.92 Å².